The first-order valence-corrected chi connectivity index (χ1v) is 9.09. The van der Waals surface area contributed by atoms with E-state index in [1.165, 1.54) is 22.9 Å². The van der Waals surface area contributed by atoms with Gasteiger partial charge in [0.2, 0.25) is 0 Å². The van der Waals surface area contributed by atoms with E-state index < -0.39 is 0 Å². The number of aromatic nitrogens is 2. The molecule has 1 aromatic carbocycles. The molecule has 22 heavy (non-hydrogen) atoms. The van der Waals surface area contributed by atoms with Crippen LogP contribution in [-0.4, -0.2) is 28.1 Å². The fraction of sp³-hybridized carbons (Fsp3) is 0.467. The van der Waals surface area contributed by atoms with Crippen LogP contribution in [0.1, 0.15) is 25.0 Å². The lowest BCUT2D eigenvalue weighted by atomic mass is 9.94. The van der Waals surface area contributed by atoms with E-state index in [0.29, 0.717) is 0 Å². The maximum absolute atomic E-state index is 6.15. The molecule has 4 N–H and O–H groups in total. The number of benzene rings is 1. The minimum Gasteiger partial charge on any atom is -0.369 e. The molecule has 0 aliphatic rings. The third kappa shape index (κ3) is 4.86. The van der Waals surface area contributed by atoms with Crippen LogP contribution in [0.15, 0.2) is 24.3 Å². The Labute approximate surface area is 140 Å². The largest absolute Gasteiger partial charge is 0.369 e. The molecule has 0 saturated heterocycles. The van der Waals surface area contributed by atoms with Gasteiger partial charge in [0.25, 0.3) is 0 Å². The van der Waals surface area contributed by atoms with Crippen molar-refractivity contribution in [3.63, 3.8) is 0 Å². The van der Waals surface area contributed by atoms with Crippen LogP contribution in [-0.2, 0) is 11.3 Å². The van der Waals surface area contributed by atoms with Gasteiger partial charge in [0.15, 0.2) is 11.6 Å². The van der Waals surface area contributed by atoms with Crippen LogP contribution in [0, 0.1) is 0 Å². The Morgan fingerprint density at radius 2 is 2.05 bits per heavy atom. The molecule has 0 unspecified atom stereocenters. The molecule has 0 aliphatic carbocycles. The van der Waals surface area contributed by atoms with Gasteiger partial charge in [-0.05, 0) is 25.0 Å². The van der Waals surface area contributed by atoms with Crippen LogP contribution in [0.4, 0.5) is 11.6 Å². The summed E-state index contributed by atoms with van der Waals surface area (Å²) in [6.07, 6.45) is 0. The quantitative estimate of drug-likeness (QED) is 0.643. The topological polar surface area (TPSA) is 75.9 Å². The van der Waals surface area contributed by atoms with Gasteiger partial charge >= 0.3 is 0 Å². The van der Waals surface area contributed by atoms with Gasteiger partial charge in [-0.2, -0.15) is 20.5 Å². The molecule has 1 aromatic heterocycles. The van der Waals surface area contributed by atoms with Crippen molar-refractivity contribution >= 4 is 35.1 Å². The molecule has 0 spiro atoms. The Morgan fingerprint density at radius 3 is 2.77 bits per heavy atom. The minimum atomic E-state index is -0.288. The number of nitrogens with one attached hydrogen (secondary N) is 2. The fourth-order valence-electron chi connectivity index (χ4n) is 1.96. The smallest absolute Gasteiger partial charge is 0.184 e. The lowest BCUT2D eigenvalue weighted by Gasteiger charge is -2.19. The molecular weight excluding hydrogens is 314 g/mol. The van der Waals surface area contributed by atoms with Crippen molar-refractivity contribution in [2.45, 2.75) is 25.1 Å². The molecule has 0 aliphatic heterocycles. The number of thioether (sulfide) groups is 1. The van der Waals surface area contributed by atoms with Crippen molar-refractivity contribution in [1.29, 1.82) is 0 Å². The van der Waals surface area contributed by atoms with E-state index in [1.807, 2.05) is 32.7 Å². The second-order valence-corrected chi connectivity index (χ2v) is 7.25. The van der Waals surface area contributed by atoms with Crippen molar-refractivity contribution in [2.24, 2.45) is 5.73 Å². The lowest BCUT2D eigenvalue weighted by Crippen LogP contribution is -2.28. The van der Waals surface area contributed by atoms with Crippen molar-refractivity contribution in [1.82, 2.24) is 8.75 Å². The van der Waals surface area contributed by atoms with Crippen LogP contribution in [0.25, 0.3) is 0 Å². The maximum Gasteiger partial charge on any atom is 0.184 e. The highest BCUT2D eigenvalue weighted by Gasteiger charge is 2.13. The number of hydrogen-bond donors (Lipinski definition) is 3. The molecule has 2 aromatic rings. The van der Waals surface area contributed by atoms with E-state index in [-0.39, 0.29) is 5.54 Å². The summed E-state index contributed by atoms with van der Waals surface area (Å²) >= 11 is 3.10. The SMILES string of the molecule is CNc1nsnc1NCCSCc1cccc(C(C)(C)N)c1. The number of nitrogens with two attached hydrogens (primary N) is 1. The Morgan fingerprint density at radius 1 is 1.27 bits per heavy atom. The van der Waals surface area contributed by atoms with Gasteiger partial charge < -0.3 is 16.4 Å². The summed E-state index contributed by atoms with van der Waals surface area (Å²) in [4.78, 5) is 0. The monoisotopic (exact) mass is 337 g/mol. The van der Waals surface area contributed by atoms with Crippen molar-refractivity contribution in [2.75, 3.05) is 30.0 Å². The summed E-state index contributed by atoms with van der Waals surface area (Å²) in [5.74, 6) is 3.64. The summed E-state index contributed by atoms with van der Waals surface area (Å²) in [5, 5.41) is 6.32. The molecule has 1 heterocycles. The van der Waals surface area contributed by atoms with Gasteiger partial charge in [-0.15, -0.1) is 0 Å². The molecule has 0 saturated carbocycles. The standard InChI is InChI=1S/C15H23N5S2/c1-15(2,16)12-6-4-5-11(9-12)10-21-8-7-18-14-13(17-3)19-22-20-14/h4-6,9H,7-8,10,16H2,1-3H3,(H,17,19)(H,18,20). The zero-order valence-electron chi connectivity index (χ0n) is 13.2. The molecule has 7 heteroatoms. The first kappa shape index (κ1) is 17.1. The molecule has 0 bridgehead atoms. The van der Waals surface area contributed by atoms with E-state index >= 15 is 0 Å². The Hall–Kier alpha value is -1.31. The zero-order valence-corrected chi connectivity index (χ0v) is 14.9. The van der Waals surface area contributed by atoms with E-state index in [9.17, 15) is 0 Å². The summed E-state index contributed by atoms with van der Waals surface area (Å²) < 4.78 is 8.37. The molecular formula is C15H23N5S2. The molecule has 0 amide bonds. The second-order valence-electron chi connectivity index (χ2n) is 5.61. The number of nitrogens with zero attached hydrogens (tertiary/aromatic N) is 2. The van der Waals surface area contributed by atoms with Gasteiger partial charge in [-0.25, -0.2) is 0 Å². The first-order valence-electron chi connectivity index (χ1n) is 7.21. The molecule has 5 nitrogen and oxygen atoms in total. The highest BCUT2D eigenvalue weighted by Crippen LogP contribution is 2.21. The Kier molecular flexibility index (Phi) is 6.05. The summed E-state index contributed by atoms with van der Waals surface area (Å²) in [7, 11) is 1.85. The maximum atomic E-state index is 6.15. The van der Waals surface area contributed by atoms with E-state index in [0.717, 1.165) is 29.7 Å². The van der Waals surface area contributed by atoms with Crippen LogP contribution < -0.4 is 16.4 Å². The third-order valence-corrected chi connectivity index (χ3v) is 4.76. The van der Waals surface area contributed by atoms with Crippen LogP contribution >= 0.6 is 23.5 Å². The predicted octanol–water partition coefficient (Wildman–Crippen LogP) is 3.12. The summed E-state index contributed by atoms with van der Waals surface area (Å²) in [5.41, 5.74) is 8.35. The van der Waals surface area contributed by atoms with Crippen LogP contribution in [0.2, 0.25) is 0 Å². The minimum absolute atomic E-state index is 0.288. The fourth-order valence-corrected chi connectivity index (χ4v) is 3.30. The van der Waals surface area contributed by atoms with Crippen LogP contribution in [0.3, 0.4) is 0 Å². The number of anilines is 2. The van der Waals surface area contributed by atoms with Gasteiger partial charge in [0.05, 0.1) is 11.7 Å². The lowest BCUT2D eigenvalue weighted by molar-refractivity contribution is 0.554. The van der Waals surface area contributed by atoms with Gasteiger partial charge in [-0.3, -0.25) is 0 Å². The molecule has 0 radical (unpaired) electrons. The normalized spacial score (nSPS) is 11.5. The second kappa shape index (κ2) is 7.80. The predicted molar refractivity (Wildman–Crippen MR) is 97.8 cm³/mol. The van der Waals surface area contributed by atoms with Crippen molar-refractivity contribution in [3.05, 3.63) is 35.4 Å². The van der Waals surface area contributed by atoms with Crippen molar-refractivity contribution < 1.29 is 0 Å². The van der Waals surface area contributed by atoms with Gasteiger partial charge in [0, 0.05) is 30.6 Å². The summed E-state index contributed by atoms with van der Waals surface area (Å²) in [6, 6.07) is 8.52. The zero-order chi connectivity index (χ0) is 16.0. The average Bonchev–Trinajstić information content (AvgIpc) is 2.94. The van der Waals surface area contributed by atoms with Crippen molar-refractivity contribution in [3.8, 4) is 0 Å². The van der Waals surface area contributed by atoms with E-state index in [2.05, 4.69) is 43.6 Å². The first-order chi connectivity index (χ1) is 10.5. The highest BCUT2D eigenvalue weighted by atomic mass is 32.2. The molecule has 120 valence electrons. The molecule has 0 atom stereocenters. The van der Waals surface area contributed by atoms with E-state index in [1.54, 1.807) is 0 Å². The Bertz CT molecular complexity index is 592. The molecule has 0 fully saturated rings. The van der Waals surface area contributed by atoms with Crippen LogP contribution in [0.5, 0.6) is 0 Å². The number of hydrogen-bond acceptors (Lipinski definition) is 7. The Balaban J connectivity index is 1.75. The highest BCUT2D eigenvalue weighted by molar-refractivity contribution is 7.98. The third-order valence-electron chi connectivity index (χ3n) is 3.20. The average molecular weight is 338 g/mol. The summed E-state index contributed by atoms with van der Waals surface area (Å²) in [6.45, 7) is 4.93. The van der Waals surface area contributed by atoms with Gasteiger partial charge in [-0.1, -0.05) is 24.3 Å². The molecule has 2 rings (SSSR count). The van der Waals surface area contributed by atoms with Gasteiger partial charge in [0.1, 0.15) is 0 Å². The number of rotatable bonds is 8. The van der Waals surface area contributed by atoms with E-state index in [4.69, 9.17) is 5.73 Å².